The van der Waals surface area contributed by atoms with Crippen molar-refractivity contribution in [3.8, 4) is 5.75 Å². The Morgan fingerprint density at radius 3 is 2.85 bits per heavy atom. The van der Waals surface area contributed by atoms with Gasteiger partial charge in [-0.1, -0.05) is 13.8 Å². The first-order chi connectivity index (χ1) is 13.0. The van der Waals surface area contributed by atoms with Crippen molar-refractivity contribution in [1.29, 1.82) is 0 Å². The van der Waals surface area contributed by atoms with Crippen LogP contribution in [0.5, 0.6) is 5.75 Å². The molecule has 1 heterocycles. The van der Waals surface area contributed by atoms with Gasteiger partial charge in [-0.15, -0.1) is 11.6 Å². The lowest BCUT2D eigenvalue weighted by atomic mass is 10.0. The van der Waals surface area contributed by atoms with Crippen LogP contribution in [0.4, 0.5) is 8.78 Å². The Labute approximate surface area is 162 Å². The predicted molar refractivity (Wildman–Crippen MR) is 101 cm³/mol. The monoisotopic (exact) mass is 396 g/mol. The molecule has 0 saturated carbocycles. The van der Waals surface area contributed by atoms with Gasteiger partial charge >= 0.3 is 0 Å². The molecule has 0 saturated heterocycles. The highest BCUT2D eigenvalue weighted by Gasteiger charge is 2.28. The third kappa shape index (κ3) is 4.87. The lowest BCUT2D eigenvalue weighted by Gasteiger charge is -2.26. The lowest BCUT2D eigenvalue weighted by Crippen LogP contribution is -2.28. The van der Waals surface area contributed by atoms with Crippen molar-refractivity contribution in [2.75, 3.05) is 12.5 Å². The van der Waals surface area contributed by atoms with E-state index in [2.05, 4.69) is 18.9 Å². The molecule has 0 amide bonds. The molecule has 0 spiro atoms. The first-order valence-electron chi connectivity index (χ1n) is 9.04. The van der Waals surface area contributed by atoms with E-state index in [0.717, 1.165) is 29.9 Å². The van der Waals surface area contributed by atoms with E-state index >= 15 is 0 Å². The molecule has 0 bridgehead atoms. The van der Waals surface area contributed by atoms with E-state index < -0.39 is 11.6 Å². The van der Waals surface area contributed by atoms with Crippen LogP contribution in [0.25, 0.3) is 6.08 Å². The molecule has 146 valence electrons. The summed E-state index contributed by atoms with van der Waals surface area (Å²) in [5.74, 6) is -0.00497. The van der Waals surface area contributed by atoms with Gasteiger partial charge in [-0.05, 0) is 30.5 Å². The number of fused-ring (bicyclic) bond motifs is 1. The summed E-state index contributed by atoms with van der Waals surface area (Å²) < 4.78 is 40.8. The minimum Gasteiger partial charge on any atom is -0.456 e. The maximum absolute atomic E-state index is 14.0. The second kappa shape index (κ2) is 8.85. The first-order valence-corrected chi connectivity index (χ1v) is 9.58. The van der Waals surface area contributed by atoms with Crippen LogP contribution in [-0.2, 0) is 17.7 Å². The van der Waals surface area contributed by atoms with Crippen LogP contribution in [0.2, 0.25) is 0 Å². The maximum atomic E-state index is 14.0. The first kappa shape index (κ1) is 19.8. The number of hydrogen-bond donors (Lipinski definition) is 0. The van der Waals surface area contributed by atoms with Crippen molar-refractivity contribution in [2.24, 2.45) is 5.92 Å². The van der Waals surface area contributed by atoms with E-state index in [1.165, 1.54) is 6.07 Å². The molecular weight excluding hydrogens is 374 g/mol. The van der Waals surface area contributed by atoms with Crippen LogP contribution in [0.15, 0.2) is 30.2 Å². The summed E-state index contributed by atoms with van der Waals surface area (Å²) in [5.41, 5.74) is 1.98. The molecule has 4 nitrogen and oxygen atoms in total. The number of rotatable bonds is 8. The topological polar surface area (TPSA) is 36.3 Å². The van der Waals surface area contributed by atoms with Crippen LogP contribution < -0.4 is 4.74 Å². The minimum absolute atomic E-state index is 0.0355. The van der Waals surface area contributed by atoms with Crippen molar-refractivity contribution >= 4 is 17.7 Å². The van der Waals surface area contributed by atoms with Crippen molar-refractivity contribution in [3.63, 3.8) is 0 Å². The number of aromatic nitrogens is 2. The van der Waals surface area contributed by atoms with Gasteiger partial charge in [0.2, 0.25) is 0 Å². The fourth-order valence-corrected chi connectivity index (χ4v) is 3.10. The summed E-state index contributed by atoms with van der Waals surface area (Å²) in [5, 5.41) is 4.46. The highest BCUT2D eigenvalue weighted by Crippen LogP contribution is 2.30. The molecule has 0 N–H and O–H groups in total. The molecule has 1 atom stereocenters. The maximum Gasteiger partial charge on any atom is 0.168 e. The fourth-order valence-electron chi connectivity index (χ4n) is 3.00. The van der Waals surface area contributed by atoms with Crippen LogP contribution >= 0.6 is 11.6 Å². The zero-order valence-electron chi connectivity index (χ0n) is 15.4. The number of benzene rings is 1. The van der Waals surface area contributed by atoms with Crippen LogP contribution in [0, 0.1) is 17.6 Å². The van der Waals surface area contributed by atoms with Gasteiger partial charge in [0.1, 0.15) is 17.7 Å². The highest BCUT2D eigenvalue weighted by molar-refractivity contribution is 6.17. The Kier molecular flexibility index (Phi) is 6.50. The molecule has 0 aliphatic heterocycles. The predicted octanol–water partition coefficient (Wildman–Crippen LogP) is 4.81. The molecule has 1 unspecified atom stereocenters. The molecule has 0 fully saturated rings. The van der Waals surface area contributed by atoms with E-state index in [1.807, 2.05) is 10.8 Å². The second-order valence-electron chi connectivity index (χ2n) is 6.95. The van der Waals surface area contributed by atoms with Crippen molar-refractivity contribution in [1.82, 2.24) is 9.78 Å². The summed E-state index contributed by atoms with van der Waals surface area (Å²) >= 11 is 5.74. The van der Waals surface area contributed by atoms with E-state index in [1.54, 1.807) is 6.20 Å². The molecule has 2 aromatic rings. The van der Waals surface area contributed by atoms with E-state index in [9.17, 15) is 8.78 Å². The normalized spacial score (nSPS) is 16.4. The smallest absolute Gasteiger partial charge is 0.168 e. The largest absolute Gasteiger partial charge is 0.456 e. The molecule has 1 aliphatic carbocycles. The Morgan fingerprint density at radius 2 is 2.15 bits per heavy atom. The summed E-state index contributed by atoms with van der Waals surface area (Å²) in [6.07, 6.45) is 4.48. The van der Waals surface area contributed by atoms with Gasteiger partial charge in [0.05, 0.1) is 6.20 Å². The van der Waals surface area contributed by atoms with Gasteiger partial charge in [0.25, 0.3) is 0 Å². The van der Waals surface area contributed by atoms with Gasteiger partial charge in [-0.3, -0.25) is 4.68 Å². The quantitative estimate of drug-likeness (QED) is 0.474. The van der Waals surface area contributed by atoms with Gasteiger partial charge in [-0.2, -0.15) is 5.10 Å². The second-order valence-corrected chi connectivity index (χ2v) is 7.33. The average molecular weight is 397 g/mol. The minimum atomic E-state index is -0.753. The molecule has 1 aromatic heterocycles. The average Bonchev–Trinajstić information content (AvgIpc) is 2.99. The number of alkyl halides is 1. The van der Waals surface area contributed by atoms with Crippen LogP contribution in [0.3, 0.4) is 0 Å². The number of nitrogens with zero attached hydrogens (tertiary/aromatic N) is 2. The van der Waals surface area contributed by atoms with Crippen LogP contribution in [0.1, 0.15) is 31.5 Å². The Morgan fingerprint density at radius 1 is 1.33 bits per heavy atom. The zero-order chi connectivity index (χ0) is 19.4. The fraction of sp³-hybridized carbons (Fsp3) is 0.450. The van der Waals surface area contributed by atoms with Crippen LogP contribution in [-0.4, -0.2) is 28.4 Å². The summed E-state index contributed by atoms with van der Waals surface area (Å²) in [4.78, 5) is 0. The SMILES string of the molecule is CC(C)Cn1ncc2c1CC(OCCCCl)C(Oc1ccc(F)cc1F)=C2. The third-order valence-corrected chi connectivity index (χ3v) is 4.50. The summed E-state index contributed by atoms with van der Waals surface area (Å²) in [7, 11) is 0. The lowest BCUT2D eigenvalue weighted by molar-refractivity contribution is 0.0522. The van der Waals surface area contributed by atoms with Gasteiger partial charge in [0.15, 0.2) is 11.6 Å². The van der Waals surface area contributed by atoms with Gasteiger partial charge < -0.3 is 9.47 Å². The molecule has 1 aliphatic rings. The molecule has 1 aromatic carbocycles. The molecular formula is C20H23ClF2N2O2. The van der Waals surface area contributed by atoms with Crippen molar-refractivity contribution in [2.45, 2.75) is 39.3 Å². The van der Waals surface area contributed by atoms with Crippen molar-refractivity contribution < 1.29 is 18.3 Å². The van der Waals surface area contributed by atoms with E-state index in [4.69, 9.17) is 21.1 Å². The number of hydrogen-bond acceptors (Lipinski definition) is 3. The Hall–Kier alpha value is -1.92. The Bertz CT molecular complexity index is 820. The van der Waals surface area contributed by atoms with Gasteiger partial charge in [-0.25, -0.2) is 8.78 Å². The Balaban J connectivity index is 1.88. The number of ether oxygens (including phenoxy) is 2. The van der Waals surface area contributed by atoms with Gasteiger partial charge in [0, 0.05) is 42.8 Å². The highest BCUT2D eigenvalue weighted by atomic mass is 35.5. The van der Waals surface area contributed by atoms with E-state index in [0.29, 0.717) is 37.0 Å². The zero-order valence-corrected chi connectivity index (χ0v) is 16.2. The molecule has 0 radical (unpaired) electrons. The third-order valence-electron chi connectivity index (χ3n) is 4.23. The standard InChI is InChI=1S/C20H23ClF2N2O2/c1-13(2)12-25-17-10-19(26-7-3-6-21)20(8-14(17)11-24-25)27-18-5-4-15(22)9-16(18)23/h4-5,8-9,11,13,19H,3,6-7,10,12H2,1-2H3. The molecule has 27 heavy (non-hydrogen) atoms. The number of halogens is 3. The van der Waals surface area contributed by atoms with Crippen molar-refractivity contribution in [3.05, 3.63) is 53.0 Å². The summed E-state index contributed by atoms with van der Waals surface area (Å²) in [6, 6.07) is 3.24. The molecule has 3 rings (SSSR count). The van der Waals surface area contributed by atoms with E-state index in [-0.39, 0.29) is 11.9 Å². The molecule has 7 heteroatoms. The summed E-state index contributed by atoms with van der Waals surface area (Å²) in [6.45, 7) is 5.54.